The zero-order valence-corrected chi connectivity index (χ0v) is 6.44. The quantitative estimate of drug-likeness (QED) is 0.468. The van der Waals surface area contributed by atoms with Crippen molar-refractivity contribution in [2.24, 2.45) is 0 Å². The maximum Gasteiger partial charge on any atom is 0.164 e. The molecular formula is C8H14FN. The number of alkyl halides is 1. The zero-order valence-electron chi connectivity index (χ0n) is 6.44. The van der Waals surface area contributed by atoms with Gasteiger partial charge in [0.1, 0.15) is 0 Å². The van der Waals surface area contributed by atoms with E-state index >= 15 is 0 Å². The van der Waals surface area contributed by atoms with E-state index in [0.29, 0.717) is 6.04 Å². The number of hydrogen-bond donors (Lipinski definition) is 0. The lowest BCUT2D eigenvalue weighted by Gasteiger charge is -2.35. The molecule has 10 heavy (non-hydrogen) atoms. The van der Waals surface area contributed by atoms with Crippen LogP contribution >= 0.6 is 0 Å². The molecule has 2 heteroatoms. The molecule has 0 aromatic rings. The molecule has 58 valence electrons. The van der Waals surface area contributed by atoms with Gasteiger partial charge in [-0.05, 0) is 39.2 Å². The number of rotatable bonds is 0. The molecule has 1 nitrogen and oxygen atoms in total. The molecule has 2 aliphatic rings. The van der Waals surface area contributed by atoms with Crippen LogP contribution in [0.25, 0.3) is 0 Å². The fraction of sp³-hybridized carbons (Fsp3) is 1.00. The molecule has 0 unspecified atom stereocenters. The second-order valence-electron chi connectivity index (χ2n) is 3.61. The Bertz CT molecular complexity index is 144. The highest BCUT2D eigenvalue weighted by molar-refractivity contribution is 4.95. The van der Waals surface area contributed by atoms with E-state index in [4.69, 9.17) is 0 Å². The highest BCUT2D eigenvalue weighted by Gasteiger charge is 2.46. The summed E-state index contributed by atoms with van der Waals surface area (Å²) < 4.78 is 13.7. The second kappa shape index (κ2) is 1.94. The summed E-state index contributed by atoms with van der Waals surface area (Å²) in [6.45, 7) is 0. The van der Waals surface area contributed by atoms with Crippen LogP contribution in [0.4, 0.5) is 4.39 Å². The van der Waals surface area contributed by atoms with E-state index in [9.17, 15) is 4.39 Å². The third-order valence-corrected chi connectivity index (χ3v) is 3.14. The smallest absolute Gasteiger partial charge is 0.164 e. The lowest BCUT2D eigenvalue weighted by atomic mass is 10.0. The number of nitrogens with zero attached hydrogens (tertiary/aromatic N) is 1. The van der Waals surface area contributed by atoms with E-state index in [0.717, 1.165) is 25.7 Å². The van der Waals surface area contributed by atoms with Gasteiger partial charge in [-0.2, -0.15) is 0 Å². The fourth-order valence-corrected chi connectivity index (χ4v) is 2.33. The van der Waals surface area contributed by atoms with Crippen LogP contribution in [-0.2, 0) is 0 Å². The van der Waals surface area contributed by atoms with Gasteiger partial charge >= 0.3 is 0 Å². The van der Waals surface area contributed by atoms with Crippen LogP contribution in [0.15, 0.2) is 0 Å². The maximum atomic E-state index is 13.7. The molecule has 2 saturated heterocycles. The lowest BCUT2D eigenvalue weighted by molar-refractivity contribution is -0.0319. The lowest BCUT2D eigenvalue weighted by Crippen LogP contribution is -2.44. The Balaban J connectivity index is 2.21. The minimum Gasteiger partial charge on any atom is -0.272 e. The molecule has 2 bridgehead atoms. The van der Waals surface area contributed by atoms with E-state index < -0.39 is 5.79 Å². The molecule has 0 saturated carbocycles. The van der Waals surface area contributed by atoms with E-state index in [2.05, 4.69) is 0 Å². The average Bonchev–Trinajstić information content (AvgIpc) is 2.18. The molecule has 0 aromatic heterocycles. The van der Waals surface area contributed by atoms with Gasteiger partial charge in [0.15, 0.2) is 5.79 Å². The van der Waals surface area contributed by atoms with Gasteiger partial charge in [0.25, 0.3) is 0 Å². The highest BCUT2D eigenvalue weighted by Crippen LogP contribution is 2.43. The summed E-state index contributed by atoms with van der Waals surface area (Å²) in [5.41, 5.74) is 0. The van der Waals surface area contributed by atoms with Crippen molar-refractivity contribution in [3.05, 3.63) is 0 Å². The normalized spacial score (nSPS) is 48.0. The summed E-state index contributed by atoms with van der Waals surface area (Å²) in [7, 11) is 1.93. The van der Waals surface area contributed by atoms with E-state index in [1.807, 2.05) is 11.9 Å². The number of hydrogen-bond acceptors (Lipinski definition) is 1. The first-order valence-corrected chi connectivity index (χ1v) is 4.14. The molecule has 0 aromatic carbocycles. The van der Waals surface area contributed by atoms with Gasteiger partial charge < -0.3 is 0 Å². The first kappa shape index (κ1) is 6.59. The number of halogens is 1. The van der Waals surface area contributed by atoms with Crippen molar-refractivity contribution in [2.45, 2.75) is 43.9 Å². The molecule has 0 N–H and O–H groups in total. The van der Waals surface area contributed by atoms with Crippen molar-refractivity contribution in [2.75, 3.05) is 7.05 Å². The van der Waals surface area contributed by atoms with E-state index in [1.165, 1.54) is 6.42 Å². The molecule has 2 atom stereocenters. The molecule has 2 heterocycles. The summed E-state index contributed by atoms with van der Waals surface area (Å²) in [6.07, 6.45) is 4.91. The van der Waals surface area contributed by atoms with Gasteiger partial charge in [0.05, 0.1) is 0 Å². The predicted octanol–water partition coefficient (Wildman–Crippen LogP) is 1.93. The maximum absolute atomic E-state index is 13.7. The Kier molecular flexibility index (Phi) is 1.28. The topological polar surface area (TPSA) is 3.24 Å². The van der Waals surface area contributed by atoms with Gasteiger partial charge in [-0.1, -0.05) is 0 Å². The summed E-state index contributed by atoms with van der Waals surface area (Å²) >= 11 is 0. The number of fused-ring (bicyclic) bond motifs is 2. The third-order valence-electron chi connectivity index (χ3n) is 3.14. The molecular weight excluding hydrogens is 129 g/mol. The Morgan fingerprint density at radius 2 is 2.20 bits per heavy atom. The van der Waals surface area contributed by atoms with E-state index in [1.54, 1.807) is 0 Å². The monoisotopic (exact) mass is 143 g/mol. The van der Waals surface area contributed by atoms with Crippen LogP contribution in [0.5, 0.6) is 0 Å². The Labute approximate surface area is 61.2 Å². The largest absolute Gasteiger partial charge is 0.272 e. The molecule has 2 aliphatic heterocycles. The van der Waals surface area contributed by atoms with Crippen molar-refractivity contribution in [1.29, 1.82) is 0 Å². The van der Waals surface area contributed by atoms with Gasteiger partial charge in [0, 0.05) is 6.04 Å². The van der Waals surface area contributed by atoms with Crippen LogP contribution in [-0.4, -0.2) is 23.8 Å². The van der Waals surface area contributed by atoms with Crippen LogP contribution in [0.1, 0.15) is 32.1 Å². The van der Waals surface area contributed by atoms with Crippen LogP contribution in [0.2, 0.25) is 0 Å². The van der Waals surface area contributed by atoms with Crippen LogP contribution in [0, 0.1) is 0 Å². The molecule has 0 spiro atoms. The zero-order chi connectivity index (χ0) is 7.19. The van der Waals surface area contributed by atoms with Crippen molar-refractivity contribution in [3.8, 4) is 0 Å². The van der Waals surface area contributed by atoms with Gasteiger partial charge in [0.2, 0.25) is 0 Å². The Morgan fingerprint density at radius 1 is 1.40 bits per heavy atom. The molecule has 0 amide bonds. The first-order valence-electron chi connectivity index (χ1n) is 4.14. The van der Waals surface area contributed by atoms with Gasteiger partial charge in [-0.3, -0.25) is 4.90 Å². The highest BCUT2D eigenvalue weighted by atomic mass is 19.1. The molecule has 2 fully saturated rings. The SMILES string of the molecule is CN1[C@@H]2CCC[C@@]1(F)CC2. The first-order chi connectivity index (χ1) is 4.72. The van der Waals surface area contributed by atoms with Crippen molar-refractivity contribution in [3.63, 3.8) is 0 Å². The van der Waals surface area contributed by atoms with Crippen LogP contribution < -0.4 is 0 Å². The van der Waals surface area contributed by atoms with Gasteiger partial charge in [-0.15, -0.1) is 0 Å². The summed E-state index contributed by atoms with van der Waals surface area (Å²) in [5.74, 6) is -0.914. The Hall–Kier alpha value is -0.110. The summed E-state index contributed by atoms with van der Waals surface area (Å²) in [4.78, 5) is 1.94. The molecule has 0 aliphatic carbocycles. The number of piperidine rings is 1. The third kappa shape index (κ3) is 0.715. The summed E-state index contributed by atoms with van der Waals surface area (Å²) in [6, 6.07) is 0.554. The van der Waals surface area contributed by atoms with E-state index in [-0.39, 0.29) is 0 Å². The molecule has 2 rings (SSSR count). The van der Waals surface area contributed by atoms with Crippen molar-refractivity contribution < 1.29 is 4.39 Å². The fourth-order valence-electron chi connectivity index (χ4n) is 2.33. The van der Waals surface area contributed by atoms with Crippen molar-refractivity contribution >= 4 is 0 Å². The minimum atomic E-state index is -0.914. The standard InChI is InChI=1S/C8H14FN/c1-10-7-3-2-5-8(10,9)6-4-7/h7H,2-6H2,1H3/t7-,8+/m1/s1. The average molecular weight is 143 g/mol. The molecule has 0 radical (unpaired) electrons. The summed E-state index contributed by atoms with van der Waals surface area (Å²) in [5, 5.41) is 0. The Morgan fingerprint density at radius 3 is 2.80 bits per heavy atom. The predicted molar refractivity (Wildman–Crippen MR) is 38.5 cm³/mol. The van der Waals surface area contributed by atoms with Crippen molar-refractivity contribution in [1.82, 2.24) is 4.90 Å². The second-order valence-corrected chi connectivity index (χ2v) is 3.61. The minimum absolute atomic E-state index is 0.554. The van der Waals surface area contributed by atoms with Gasteiger partial charge in [-0.25, -0.2) is 4.39 Å². The van der Waals surface area contributed by atoms with Crippen LogP contribution in [0.3, 0.4) is 0 Å².